The number of likely N-dealkylation sites (tertiary alicyclic amines) is 1. The van der Waals surface area contributed by atoms with Crippen molar-refractivity contribution in [3.05, 3.63) is 0 Å². The first-order valence-electron chi connectivity index (χ1n) is 7.63. The average Bonchev–Trinajstić information content (AvgIpc) is 2.89. The molecule has 2 fully saturated rings. The van der Waals surface area contributed by atoms with E-state index in [1.807, 2.05) is 0 Å². The van der Waals surface area contributed by atoms with Crippen molar-refractivity contribution in [1.29, 1.82) is 0 Å². The van der Waals surface area contributed by atoms with Crippen LogP contribution in [0.3, 0.4) is 0 Å². The van der Waals surface area contributed by atoms with Gasteiger partial charge < -0.3 is 9.80 Å². The molecule has 2 rings (SSSR count). The number of hydrogen-bond acceptors (Lipinski definition) is 3. The number of nitrogens with two attached hydrogens (primary N) is 1. The van der Waals surface area contributed by atoms with E-state index in [2.05, 4.69) is 29.3 Å². The van der Waals surface area contributed by atoms with E-state index in [4.69, 9.17) is 10.8 Å². The van der Waals surface area contributed by atoms with Gasteiger partial charge in [-0.2, -0.15) is 0 Å². The van der Waals surface area contributed by atoms with E-state index < -0.39 is 0 Å². The molecule has 1 aliphatic carbocycles. The van der Waals surface area contributed by atoms with Gasteiger partial charge in [0.15, 0.2) is 0 Å². The minimum Gasteiger partial charge on any atom is -0.342 e. The predicted octanol–water partition coefficient (Wildman–Crippen LogP) is 1.02. The van der Waals surface area contributed by atoms with Crippen LogP contribution in [-0.2, 0) is 0 Å². The van der Waals surface area contributed by atoms with Gasteiger partial charge in [0, 0.05) is 19.6 Å². The second-order valence-corrected chi connectivity index (χ2v) is 6.23. The zero-order valence-electron chi connectivity index (χ0n) is 12.4. The molecule has 5 heteroatoms. The Morgan fingerprint density at radius 1 is 1.21 bits per heavy atom. The van der Waals surface area contributed by atoms with E-state index in [9.17, 15) is 0 Å². The smallest absolute Gasteiger partial charge is 0.208 e. The Kier molecular flexibility index (Phi) is 5.45. The third kappa shape index (κ3) is 4.35. The molecule has 5 nitrogen and oxygen atoms in total. The molecule has 0 atom stereocenters. The molecule has 110 valence electrons. The second-order valence-electron chi connectivity index (χ2n) is 6.23. The molecule has 0 spiro atoms. The molecule has 0 aromatic rings. The Morgan fingerprint density at radius 3 is 2.37 bits per heavy atom. The summed E-state index contributed by atoms with van der Waals surface area (Å²) in [6.45, 7) is 3.35. The van der Waals surface area contributed by atoms with Gasteiger partial charge in [-0.3, -0.25) is 5.43 Å². The summed E-state index contributed by atoms with van der Waals surface area (Å²) in [7, 11) is 4.31. The maximum atomic E-state index is 5.67. The lowest BCUT2D eigenvalue weighted by molar-refractivity contribution is 0.215. The highest BCUT2D eigenvalue weighted by molar-refractivity contribution is 5.79. The summed E-state index contributed by atoms with van der Waals surface area (Å²) in [5, 5.41) is 0. The first kappa shape index (κ1) is 14.6. The van der Waals surface area contributed by atoms with Crippen molar-refractivity contribution in [3.8, 4) is 0 Å². The molecular formula is C14H29N5. The van der Waals surface area contributed by atoms with Crippen LogP contribution in [0, 0.1) is 5.92 Å². The van der Waals surface area contributed by atoms with Gasteiger partial charge in [0.25, 0.3) is 0 Å². The van der Waals surface area contributed by atoms with Crippen LogP contribution in [0.4, 0.5) is 0 Å². The molecule has 1 saturated heterocycles. The highest BCUT2D eigenvalue weighted by Crippen LogP contribution is 2.22. The third-order valence-corrected chi connectivity index (χ3v) is 4.30. The number of nitrogens with zero attached hydrogens (tertiary/aromatic N) is 3. The first-order chi connectivity index (χ1) is 9.19. The van der Waals surface area contributed by atoms with Gasteiger partial charge in [-0.1, -0.05) is 12.8 Å². The van der Waals surface area contributed by atoms with Crippen molar-refractivity contribution in [3.63, 3.8) is 0 Å². The summed E-state index contributed by atoms with van der Waals surface area (Å²) in [6, 6.07) is 0.491. The van der Waals surface area contributed by atoms with Crippen LogP contribution in [0.1, 0.15) is 38.5 Å². The predicted molar refractivity (Wildman–Crippen MR) is 79.9 cm³/mol. The van der Waals surface area contributed by atoms with E-state index in [0.717, 1.165) is 25.0 Å². The number of piperidine rings is 1. The Balaban J connectivity index is 1.84. The zero-order chi connectivity index (χ0) is 13.7. The van der Waals surface area contributed by atoms with E-state index in [0.29, 0.717) is 6.04 Å². The summed E-state index contributed by atoms with van der Waals surface area (Å²) in [6.07, 6.45) is 7.56. The molecule has 0 bridgehead atoms. The molecule has 0 unspecified atom stereocenters. The fourth-order valence-electron chi connectivity index (χ4n) is 3.26. The summed E-state index contributed by atoms with van der Waals surface area (Å²) >= 11 is 0. The molecule has 1 heterocycles. The number of nitrogens with one attached hydrogen (secondary N) is 1. The van der Waals surface area contributed by atoms with Crippen molar-refractivity contribution >= 4 is 5.96 Å². The second kappa shape index (κ2) is 7.10. The molecular weight excluding hydrogens is 238 g/mol. The van der Waals surface area contributed by atoms with Crippen molar-refractivity contribution in [2.24, 2.45) is 16.8 Å². The van der Waals surface area contributed by atoms with Crippen LogP contribution in [0.5, 0.6) is 0 Å². The first-order valence-corrected chi connectivity index (χ1v) is 7.63. The van der Waals surface area contributed by atoms with Crippen LogP contribution >= 0.6 is 0 Å². The van der Waals surface area contributed by atoms with Crippen LogP contribution in [-0.4, -0.2) is 55.5 Å². The van der Waals surface area contributed by atoms with Crippen LogP contribution in [0.15, 0.2) is 4.99 Å². The van der Waals surface area contributed by atoms with E-state index in [-0.39, 0.29) is 0 Å². The fraction of sp³-hybridized carbons (Fsp3) is 0.929. The summed E-state index contributed by atoms with van der Waals surface area (Å²) in [4.78, 5) is 9.41. The van der Waals surface area contributed by atoms with Gasteiger partial charge in [-0.15, -0.1) is 0 Å². The molecule has 0 aromatic heterocycles. The quantitative estimate of drug-likeness (QED) is 0.347. The van der Waals surface area contributed by atoms with E-state index >= 15 is 0 Å². The zero-order valence-corrected chi connectivity index (χ0v) is 12.4. The molecule has 19 heavy (non-hydrogen) atoms. The third-order valence-electron chi connectivity index (χ3n) is 4.30. The van der Waals surface area contributed by atoms with Crippen LogP contribution in [0.2, 0.25) is 0 Å². The van der Waals surface area contributed by atoms with Gasteiger partial charge >= 0.3 is 0 Å². The lowest BCUT2D eigenvalue weighted by Gasteiger charge is -2.35. The van der Waals surface area contributed by atoms with Gasteiger partial charge in [0.2, 0.25) is 5.96 Å². The number of rotatable bonds is 3. The molecule has 0 amide bonds. The SMILES string of the molecule is CN(C)CC1CCN(C(=NC2CCCC2)NN)CC1. The lowest BCUT2D eigenvalue weighted by Crippen LogP contribution is -2.49. The van der Waals surface area contributed by atoms with Crippen LogP contribution < -0.4 is 11.3 Å². The highest BCUT2D eigenvalue weighted by atomic mass is 15.4. The monoisotopic (exact) mass is 267 g/mol. The number of guanidine groups is 1. The Bertz CT molecular complexity index is 288. The standard InChI is InChI=1S/C14H29N5/c1-18(2)11-12-7-9-19(10-8-12)14(17-15)16-13-5-3-4-6-13/h12-13H,3-11,15H2,1-2H3,(H,16,17). The summed E-state index contributed by atoms with van der Waals surface area (Å²) in [5.41, 5.74) is 2.82. The largest absolute Gasteiger partial charge is 0.342 e. The number of aliphatic imine (C=N–C) groups is 1. The normalized spacial score (nSPS) is 23.4. The minimum atomic E-state index is 0.491. The van der Waals surface area contributed by atoms with Crippen molar-refractivity contribution in [2.75, 3.05) is 33.7 Å². The fourth-order valence-corrected chi connectivity index (χ4v) is 3.26. The molecule has 1 aliphatic heterocycles. The van der Waals surface area contributed by atoms with Crippen molar-refractivity contribution < 1.29 is 0 Å². The molecule has 3 N–H and O–H groups in total. The maximum absolute atomic E-state index is 5.67. The minimum absolute atomic E-state index is 0.491. The summed E-state index contributed by atoms with van der Waals surface area (Å²) < 4.78 is 0. The van der Waals surface area contributed by atoms with Crippen molar-refractivity contribution in [2.45, 2.75) is 44.6 Å². The van der Waals surface area contributed by atoms with Gasteiger partial charge in [-0.05, 0) is 45.7 Å². The van der Waals surface area contributed by atoms with Crippen molar-refractivity contribution in [1.82, 2.24) is 15.2 Å². The molecule has 0 aromatic carbocycles. The highest BCUT2D eigenvalue weighted by Gasteiger charge is 2.23. The summed E-state index contributed by atoms with van der Waals surface area (Å²) in [5.74, 6) is 7.40. The number of hydrazine groups is 1. The maximum Gasteiger partial charge on any atom is 0.208 e. The van der Waals surface area contributed by atoms with E-state index in [1.165, 1.54) is 45.1 Å². The lowest BCUT2D eigenvalue weighted by atomic mass is 9.96. The van der Waals surface area contributed by atoms with Gasteiger partial charge in [0.1, 0.15) is 0 Å². The average molecular weight is 267 g/mol. The van der Waals surface area contributed by atoms with Crippen LogP contribution in [0.25, 0.3) is 0 Å². The number of hydrogen-bond donors (Lipinski definition) is 2. The Hall–Kier alpha value is -0.810. The van der Waals surface area contributed by atoms with Gasteiger partial charge in [0.05, 0.1) is 6.04 Å². The Morgan fingerprint density at radius 2 is 1.84 bits per heavy atom. The topological polar surface area (TPSA) is 56.9 Å². The molecule has 2 aliphatic rings. The van der Waals surface area contributed by atoms with E-state index in [1.54, 1.807) is 0 Å². The molecule has 0 radical (unpaired) electrons. The Labute approximate surface area is 117 Å². The molecule has 1 saturated carbocycles. The van der Waals surface area contributed by atoms with Gasteiger partial charge in [-0.25, -0.2) is 10.8 Å².